The molecular formula is C18H23N3. The molecule has 21 heavy (non-hydrogen) atoms. The topological polar surface area (TPSA) is 28.2 Å². The van der Waals surface area contributed by atoms with Gasteiger partial charge in [-0.25, -0.2) is 0 Å². The van der Waals surface area contributed by atoms with Gasteiger partial charge in [-0.3, -0.25) is 9.88 Å². The molecule has 3 heterocycles. The normalized spacial score (nSPS) is 26.7. The molecule has 0 bridgehead atoms. The second-order valence-corrected chi connectivity index (χ2v) is 6.37. The molecular weight excluding hydrogens is 258 g/mol. The number of nitrogens with one attached hydrogen (secondary N) is 1. The fourth-order valence-corrected chi connectivity index (χ4v) is 4.06. The summed E-state index contributed by atoms with van der Waals surface area (Å²) in [5, 5.41) is 5.01. The zero-order valence-corrected chi connectivity index (χ0v) is 12.5. The SMILES string of the molecule is c1ccc2c(CN3CCCC3C3CCCN3)ccnc2c1. The van der Waals surface area contributed by atoms with Gasteiger partial charge in [0.05, 0.1) is 5.52 Å². The Hall–Kier alpha value is -1.45. The minimum Gasteiger partial charge on any atom is -0.312 e. The van der Waals surface area contributed by atoms with Crippen molar-refractivity contribution in [1.82, 2.24) is 15.2 Å². The van der Waals surface area contributed by atoms with Crippen LogP contribution in [0, 0.1) is 0 Å². The number of aromatic nitrogens is 1. The van der Waals surface area contributed by atoms with Crippen LogP contribution in [0.5, 0.6) is 0 Å². The van der Waals surface area contributed by atoms with Crippen LogP contribution in [0.3, 0.4) is 0 Å². The van der Waals surface area contributed by atoms with Crippen LogP contribution in [0.4, 0.5) is 0 Å². The Balaban J connectivity index is 1.59. The average molecular weight is 281 g/mol. The van der Waals surface area contributed by atoms with Gasteiger partial charge < -0.3 is 5.32 Å². The highest BCUT2D eigenvalue weighted by molar-refractivity contribution is 5.81. The molecule has 2 fully saturated rings. The van der Waals surface area contributed by atoms with Crippen molar-refractivity contribution >= 4 is 10.9 Å². The quantitative estimate of drug-likeness (QED) is 0.937. The third-order valence-electron chi connectivity index (χ3n) is 5.09. The zero-order chi connectivity index (χ0) is 14.1. The molecule has 1 aromatic carbocycles. The van der Waals surface area contributed by atoms with Crippen molar-refractivity contribution in [1.29, 1.82) is 0 Å². The largest absolute Gasteiger partial charge is 0.312 e. The van der Waals surface area contributed by atoms with E-state index in [2.05, 4.69) is 45.5 Å². The van der Waals surface area contributed by atoms with Crippen molar-refractivity contribution in [2.24, 2.45) is 0 Å². The fraction of sp³-hybridized carbons (Fsp3) is 0.500. The zero-order valence-electron chi connectivity index (χ0n) is 12.5. The molecule has 2 saturated heterocycles. The first-order chi connectivity index (χ1) is 10.4. The third-order valence-corrected chi connectivity index (χ3v) is 5.09. The van der Waals surface area contributed by atoms with Crippen molar-refractivity contribution in [2.45, 2.75) is 44.3 Å². The van der Waals surface area contributed by atoms with Gasteiger partial charge in [0.2, 0.25) is 0 Å². The molecule has 3 nitrogen and oxygen atoms in total. The molecule has 4 rings (SSSR count). The lowest BCUT2D eigenvalue weighted by molar-refractivity contribution is 0.207. The van der Waals surface area contributed by atoms with Crippen LogP contribution in [-0.4, -0.2) is 35.1 Å². The lowest BCUT2D eigenvalue weighted by Gasteiger charge is -2.29. The average Bonchev–Trinajstić information content (AvgIpc) is 3.18. The van der Waals surface area contributed by atoms with E-state index in [9.17, 15) is 0 Å². The Morgan fingerprint density at radius 1 is 1.14 bits per heavy atom. The predicted octanol–water partition coefficient (Wildman–Crippen LogP) is 2.95. The van der Waals surface area contributed by atoms with Gasteiger partial charge in [-0.1, -0.05) is 18.2 Å². The van der Waals surface area contributed by atoms with E-state index in [-0.39, 0.29) is 0 Å². The first-order valence-electron chi connectivity index (χ1n) is 8.22. The number of para-hydroxylation sites is 1. The number of nitrogens with zero attached hydrogens (tertiary/aromatic N) is 2. The molecule has 2 aliphatic rings. The van der Waals surface area contributed by atoms with Gasteiger partial charge in [0.15, 0.2) is 0 Å². The van der Waals surface area contributed by atoms with Crippen LogP contribution < -0.4 is 5.32 Å². The molecule has 2 aliphatic heterocycles. The highest BCUT2D eigenvalue weighted by Crippen LogP contribution is 2.28. The summed E-state index contributed by atoms with van der Waals surface area (Å²) >= 11 is 0. The standard InChI is InChI=1S/C18H23N3/c1-2-6-16-15(5-1)14(9-11-20-16)13-21-12-4-8-18(21)17-7-3-10-19-17/h1-2,5-6,9,11,17-19H,3-4,7-8,10,12-13H2. The Morgan fingerprint density at radius 2 is 2.10 bits per heavy atom. The second-order valence-electron chi connectivity index (χ2n) is 6.37. The maximum Gasteiger partial charge on any atom is 0.0705 e. The Kier molecular flexibility index (Phi) is 3.62. The van der Waals surface area contributed by atoms with Gasteiger partial charge in [-0.15, -0.1) is 0 Å². The molecule has 0 amide bonds. The highest BCUT2D eigenvalue weighted by Gasteiger charge is 2.33. The van der Waals surface area contributed by atoms with Crippen LogP contribution in [0.25, 0.3) is 10.9 Å². The molecule has 0 aliphatic carbocycles. The lowest BCUT2D eigenvalue weighted by atomic mass is 10.0. The van der Waals surface area contributed by atoms with E-state index < -0.39 is 0 Å². The van der Waals surface area contributed by atoms with E-state index in [1.165, 1.54) is 49.7 Å². The monoisotopic (exact) mass is 281 g/mol. The highest BCUT2D eigenvalue weighted by atomic mass is 15.2. The summed E-state index contributed by atoms with van der Waals surface area (Å²) in [7, 11) is 0. The number of hydrogen-bond acceptors (Lipinski definition) is 3. The first kappa shape index (κ1) is 13.2. The first-order valence-corrected chi connectivity index (χ1v) is 8.22. The predicted molar refractivity (Wildman–Crippen MR) is 86.2 cm³/mol. The molecule has 0 radical (unpaired) electrons. The summed E-state index contributed by atoms with van der Waals surface area (Å²) in [6, 6.07) is 12.1. The molecule has 2 aromatic rings. The number of hydrogen-bond donors (Lipinski definition) is 1. The molecule has 1 N–H and O–H groups in total. The number of rotatable bonds is 3. The molecule has 0 saturated carbocycles. The minimum atomic E-state index is 0.709. The molecule has 1 aromatic heterocycles. The number of pyridine rings is 1. The van der Waals surface area contributed by atoms with Gasteiger partial charge in [0.25, 0.3) is 0 Å². The smallest absolute Gasteiger partial charge is 0.0705 e. The van der Waals surface area contributed by atoms with Crippen molar-refractivity contribution in [2.75, 3.05) is 13.1 Å². The van der Waals surface area contributed by atoms with Crippen molar-refractivity contribution in [3.05, 3.63) is 42.1 Å². The molecule has 2 atom stereocenters. The number of likely N-dealkylation sites (tertiary alicyclic amines) is 1. The fourth-order valence-electron chi connectivity index (χ4n) is 4.06. The van der Waals surface area contributed by atoms with Gasteiger partial charge >= 0.3 is 0 Å². The molecule has 0 spiro atoms. The summed E-state index contributed by atoms with van der Waals surface area (Å²) in [6.45, 7) is 3.50. The van der Waals surface area contributed by atoms with Crippen LogP contribution >= 0.6 is 0 Å². The summed E-state index contributed by atoms with van der Waals surface area (Å²) in [5.74, 6) is 0. The van der Waals surface area contributed by atoms with Crippen molar-refractivity contribution in [3.63, 3.8) is 0 Å². The van der Waals surface area contributed by atoms with Crippen LogP contribution in [0.1, 0.15) is 31.2 Å². The summed E-state index contributed by atoms with van der Waals surface area (Å²) in [6.07, 6.45) is 7.33. The van der Waals surface area contributed by atoms with E-state index in [4.69, 9.17) is 0 Å². The second kappa shape index (κ2) is 5.74. The van der Waals surface area contributed by atoms with Crippen molar-refractivity contribution in [3.8, 4) is 0 Å². The van der Waals surface area contributed by atoms with Gasteiger partial charge in [0.1, 0.15) is 0 Å². The Morgan fingerprint density at radius 3 is 3.00 bits per heavy atom. The van der Waals surface area contributed by atoms with E-state index in [1.54, 1.807) is 0 Å². The number of fused-ring (bicyclic) bond motifs is 1. The maximum atomic E-state index is 4.48. The van der Waals surface area contributed by atoms with E-state index in [1.807, 2.05) is 6.20 Å². The van der Waals surface area contributed by atoms with E-state index in [0.717, 1.165) is 18.1 Å². The van der Waals surface area contributed by atoms with Gasteiger partial charge in [-0.2, -0.15) is 0 Å². The van der Waals surface area contributed by atoms with Crippen LogP contribution in [0.2, 0.25) is 0 Å². The molecule has 3 heteroatoms. The Labute approximate surface area is 126 Å². The minimum absolute atomic E-state index is 0.709. The molecule has 110 valence electrons. The van der Waals surface area contributed by atoms with E-state index in [0.29, 0.717) is 6.04 Å². The van der Waals surface area contributed by atoms with Crippen molar-refractivity contribution < 1.29 is 0 Å². The maximum absolute atomic E-state index is 4.48. The summed E-state index contributed by atoms with van der Waals surface area (Å²) < 4.78 is 0. The summed E-state index contributed by atoms with van der Waals surface area (Å²) in [4.78, 5) is 7.17. The molecule has 2 unspecified atom stereocenters. The third kappa shape index (κ3) is 2.56. The Bertz CT molecular complexity index is 613. The van der Waals surface area contributed by atoms with Crippen LogP contribution in [-0.2, 0) is 6.54 Å². The number of benzene rings is 1. The van der Waals surface area contributed by atoms with E-state index >= 15 is 0 Å². The lowest BCUT2D eigenvalue weighted by Crippen LogP contribution is -2.43. The van der Waals surface area contributed by atoms with Crippen LogP contribution in [0.15, 0.2) is 36.5 Å². The summed E-state index contributed by atoms with van der Waals surface area (Å²) in [5.41, 5.74) is 2.54. The van der Waals surface area contributed by atoms with Gasteiger partial charge in [0, 0.05) is 30.2 Å². The van der Waals surface area contributed by atoms with Gasteiger partial charge in [-0.05, 0) is 56.5 Å².